The minimum atomic E-state index is -4.01. The number of primary amides is 1. The van der Waals surface area contributed by atoms with Crippen LogP contribution in [0.25, 0.3) is 0 Å². The second-order valence-corrected chi connectivity index (χ2v) is 9.23. The molecule has 0 aromatic heterocycles. The average Bonchev–Trinajstić information content (AvgIpc) is 2.68. The van der Waals surface area contributed by atoms with E-state index in [0.29, 0.717) is 0 Å². The van der Waals surface area contributed by atoms with Crippen molar-refractivity contribution in [3.05, 3.63) is 29.6 Å². The third kappa shape index (κ3) is 3.63. The van der Waals surface area contributed by atoms with Crippen LogP contribution in [0.5, 0.6) is 0 Å². The van der Waals surface area contributed by atoms with Gasteiger partial charge < -0.3 is 10.8 Å². The van der Waals surface area contributed by atoms with Gasteiger partial charge in [-0.05, 0) is 57.0 Å². The molecule has 0 bridgehead atoms. The fourth-order valence-corrected chi connectivity index (χ4v) is 5.58. The van der Waals surface area contributed by atoms with E-state index in [2.05, 4.69) is 4.90 Å². The van der Waals surface area contributed by atoms with Crippen LogP contribution in [-0.2, 0) is 14.8 Å². The van der Waals surface area contributed by atoms with Crippen LogP contribution in [0.3, 0.4) is 0 Å². The van der Waals surface area contributed by atoms with Gasteiger partial charge in [-0.1, -0.05) is 6.42 Å². The van der Waals surface area contributed by atoms with Crippen molar-refractivity contribution in [3.8, 4) is 0 Å². The van der Waals surface area contributed by atoms with E-state index in [1.54, 1.807) is 0 Å². The lowest BCUT2D eigenvalue weighted by molar-refractivity contribution is -0.134. The summed E-state index contributed by atoms with van der Waals surface area (Å²) >= 11 is 0. The molecule has 0 radical (unpaired) electrons. The van der Waals surface area contributed by atoms with Crippen molar-refractivity contribution in [2.75, 3.05) is 26.2 Å². The summed E-state index contributed by atoms with van der Waals surface area (Å²) in [5.74, 6) is -2.98. The molecule has 0 atom stereocenters. The number of carboxylic acid groups (broad SMARTS) is 1. The number of sulfonamides is 1. The van der Waals surface area contributed by atoms with Gasteiger partial charge in [-0.25, -0.2) is 17.6 Å². The first-order chi connectivity index (χ1) is 13.2. The highest BCUT2D eigenvalue weighted by molar-refractivity contribution is 7.89. The number of aromatic carboxylic acids is 1. The average molecular weight is 413 g/mol. The summed E-state index contributed by atoms with van der Waals surface area (Å²) in [6.45, 7) is 1.69. The molecular formula is C18H24FN3O5S. The molecular weight excluding hydrogens is 389 g/mol. The van der Waals surface area contributed by atoms with E-state index in [-0.39, 0.29) is 30.8 Å². The normalized spacial score (nSPS) is 21.3. The molecule has 2 heterocycles. The smallest absolute Gasteiger partial charge is 0.338 e. The molecule has 0 spiro atoms. The molecule has 2 saturated heterocycles. The van der Waals surface area contributed by atoms with Gasteiger partial charge in [0.2, 0.25) is 15.9 Å². The maximum Gasteiger partial charge on any atom is 0.338 e. The van der Waals surface area contributed by atoms with Gasteiger partial charge in [0.05, 0.1) is 10.5 Å². The predicted octanol–water partition coefficient (Wildman–Crippen LogP) is 1.02. The van der Waals surface area contributed by atoms with E-state index in [1.807, 2.05) is 0 Å². The van der Waals surface area contributed by atoms with E-state index < -0.39 is 38.8 Å². The van der Waals surface area contributed by atoms with Crippen LogP contribution in [0, 0.1) is 5.82 Å². The Labute approximate surface area is 163 Å². The lowest BCUT2D eigenvalue weighted by Gasteiger charge is -2.47. The molecule has 154 valence electrons. The maximum atomic E-state index is 13.6. The Kier molecular flexibility index (Phi) is 5.74. The van der Waals surface area contributed by atoms with Crippen LogP contribution in [0.4, 0.5) is 4.39 Å². The highest BCUT2D eigenvalue weighted by Gasteiger charge is 2.47. The molecule has 2 aliphatic heterocycles. The molecule has 1 aromatic carbocycles. The van der Waals surface area contributed by atoms with Crippen molar-refractivity contribution < 1.29 is 27.5 Å². The number of benzene rings is 1. The molecule has 2 fully saturated rings. The number of rotatable bonds is 5. The number of hydrogen-bond donors (Lipinski definition) is 2. The third-order valence-corrected chi connectivity index (χ3v) is 7.67. The van der Waals surface area contributed by atoms with Gasteiger partial charge >= 0.3 is 5.97 Å². The molecule has 0 unspecified atom stereocenters. The number of piperidine rings is 2. The monoisotopic (exact) mass is 413 g/mol. The van der Waals surface area contributed by atoms with Crippen molar-refractivity contribution >= 4 is 21.9 Å². The maximum absolute atomic E-state index is 13.6. The van der Waals surface area contributed by atoms with Crippen molar-refractivity contribution in [1.29, 1.82) is 0 Å². The van der Waals surface area contributed by atoms with Crippen LogP contribution in [-0.4, -0.2) is 66.3 Å². The molecule has 2 aliphatic rings. The van der Waals surface area contributed by atoms with Crippen LogP contribution < -0.4 is 5.73 Å². The second-order valence-electron chi connectivity index (χ2n) is 7.29. The first kappa shape index (κ1) is 20.7. The summed E-state index contributed by atoms with van der Waals surface area (Å²) in [6, 6.07) is 2.72. The summed E-state index contributed by atoms with van der Waals surface area (Å²) in [7, 11) is -4.01. The molecule has 28 heavy (non-hydrogen) atoms. The summed E-state index contributed by atoms with van der Waals surface area (Å²) in [6.07, 6.45) is 3.60. The van der Waals surface area contributed by atoms with Crippen molar-refractivity contribution in [1.82, 2.24) is 9.21 Å². The Morgan fingerprint density at radius 3 is 2.21 bits per heavy atom. The SMILES string of the molecule is NC(=O)C1(N2CCCCC2)CCN(S(=O)(=O)c2ccc(F)c(C(=O)O)c2)CC1. The number of carboxylic acids is 1. The quantitative estimate of drug-likeness (QED) is 0.743. The molecule has 0 saturated carbocycles. The summed E-state index contributed by atoms with van der Waals surface area (Å²) in [4.78, 5) is 25.2. The number of halogens is 1. The Bertz CT molecular complexity index is 875. The van der Waals surface area contributed by atoms with Crippen LogP contribution >= 0.6 is 0 Å². The van der Waals surface area contributed by atoms with Crippen molar-refractivity contribution in [2.24, 2.45) is 5.73 Å². The Balaban J connectivity index is 1.82. The topological polar surface area (TPSA) is 121 Å². The molecule has 0 aliphatic carbocycles. The first-order valence-electron chi connectivity index (χ1n) is 9.26. The van der Waals surface area contributed by atoms with E-state index in [0.717, 1.165) is 50.6 Å². The molecule has 8 nitrogen and oxygen atoms in total. The van der Waals surface area contributed by atoms with Gasteiger partial charge in [0.15, 0.2) is 0 Å². The predicted molar refractivity (Wildman–Crippen MR) is 98.7 cm³/mol. The zero-order valence-electron chi connectivity index (χ0n) is 15.4. The Morgan fingerprint density at radius 2 is 1.68 bits per heavy atom. The number of likely N-dealkylation sites (tertiary alicyclic amines) is 1. The number of hydrogen-bond acceptors (Lipinski definition) is 5. The lowest BCUT2D eigenvalue weighted by atomic mass is 9.84. The molecule has 1 amide bonds. The number of nitrogens with zero attached hydrogens (tertiary/aromatic N) is 2. The van der Waals surface area contributed by atoms with Gasteiger partial charge in [0, 0.05) is 13.1 Å². The largest absolute Gasteiger partial charge is 0.478 e. The van der Waals surface area contributed by atoms with Gasteiger partial charge in [-0.2, -0.15) is 4.31 Å². The van der Waals surface area contributed by atoms with Gasteiger partial charge in [0.25, 0.3) is 0 Å². The Morgan fingerprint density at radius 1 is 1.07 bits per heavy atom. The molecule has 1 aromatic rings. The number of carbonyl (C=O) groups excluding carboxylic acids is 1. The standard InChI is InChI=1S/C18H24FN3O5S/c19-15-5-4-13(12-14(15)16(23)24)28(26,27)22-10-6-18(7-11-22,17(20)25)21-8-2-1-3-9-21/h4-5,12H,1-3,6-11H2,(H2,20,25)(H,23,24). The summed E-state index contributed by atoms with van der Waals surface area (Å²) in [5, 5.41) is 9.03. The third-order valence-electron chi connectivity index (χ3n) is 5.78. The van der Waals surface area contributed by atoms with E-state index >= 15 is 0 Å². The van der Waals surface area contributed by atoms with E-state index in [9.17, 15) is 22.4 Å². The van der Waals surface area contributed by atoms with Gasteiger partial charge in [0.1, 0.15) is 11.4 Å². The molecule has 3 rings (SSSR count). The highest BCUT2D eigenvalue weighted by atomic mass is 32.2. The summed E-state index contributed by atoms with van der Waals surface area (Å²) in [5.41, 5.74) is 4.16. The second kappa shape index (κ2) is 7.76. The zero-order valence-corrected chi connectivity index (χ0v) is 16.3. The van der Waals surface area contributed by atoms with Gasteiger partial charge in [-0.15, -0.1) is 0 Å². The van der Waals surface area contributed by atoms with E-state index in [1.165, 1.54) is 4.31 Å². The Hall–Kier alpha value is -2.04. The van der Waals surface area contributed by atoms with Crippen LogP contribution in [0.2, 0.25) is 0 Å². The van der Waals surface area contributed by atoms with Crippen molar-refractivity contribution in [3.63, 3.8) is 0 Å². The first-order valence-corrected chi connectivity index (χ1v) is 10.7. The highest BCUT2D eigenvalue weighted by Crippen LogP contribution is 2.33. The van der Waals surface area contributed by atoms with Crippen LogP contribution in [0.15, 0.2) is 23.1 Å². The summed E-state index contributed by atoms with van der Waals surface area (Å²) < 4.78 is 40.6. The molecule has 3 N–H and O–H groups in total. The van der Waals surface area contributed by atoms with Gasteiger partial charge in [-0.3, -0.25) is 9.69 Å². The number of amides is 1. The number of nitrogens with two attached hydrogens (primary N) is 1. The molecule has 10 heteroatoms. The minimum absolute atomic E-state index is 0.0849. The zero-order chi connectivity index (χ0) is 20.5. The van der Waals surface area contributed by atoms with Crippen LogP contribution in [0.1, 0.15) is 42.5 Å². The number of carbonyl (C=O) groups is 2. The fraction of sp³-hybridized carbons (Fsp3) is 0.556. The lowest BCUT2D eigenvalue weighted by Crippen LogP contribution is -2.63. The van der Waals surface area contributed by atoms with Crippen molar-refractivity contribution in [2.45, 2.75) is 42.5 Å². The minimum Gasteiger partial charge on any atom is -0.478 e. The van der Waals surface area contributed by atoms with E-state index in [4.69, 9.17) is 10.8 Å². The fourth-order valence-electron chi connectivity index (χ4n) is 4.11.